The molecule has 0 aromatic heterocycles. The Bertz CT molecular complexity index is 569. The van der Waals surface area contributed by atoms with Crippen molar-refractivity contribution in [1.29, 1.82) is 0 Å². The molecule has 2 aromatic carbocycles. The molecule has 0 unspecified atom stereocenters. The monoisotopic (exact) mass is 269 g/mol. The van der Waals surface area contributed by atoms with Gasteiger partial charge < -0.3 is 16.0 Å². The molecule has 0 radical (unpaired) electrons. The Morgan fingerprint density at radius 2 is 1.90 bits per heavy atom. The molecule has 0 saturated heterocycles. The van der Waals surface area contributed by atoms with Gasteiger partial charge in [-0.3, -0.25) is 4.79 Å². The molecule has 2 rings (SSSR count). The van der Waals surface area contributed by atoms with Crippen LogP contribution in [-0.4, -0.2) is 19.5 Å². The zero-order valence-electron chi connectivity index (χ0n) is 11.5. The number of para-hydroxylation sites is 1. The largest absolute Gasteiger partial charge is 0.365 e. The minimum atomic E-state index is -0.0446. The van der Waals surface area contributed by atoms with Gasteiger partial charge in [0.05, 0.1) is 6.54 Å². The Hall–Kier alpha value is -2.33. The first-order chi connectivity index (χ1) is 9.69. The number of anilines is 2. The van der Waals surface area contributed by atoms with E-state index in [9.17, 15) is 4.79 Å². The summed E-state index contributed by atoms with van der Waals surface area (Å²) in [7, 11) is 1.89. The fraction of sp³-hybridized carbons (Fsp3) is 0.188. The Kier molecular flexibility index (Phi) is 4.74. The van der Waals surface area contributed by atoms with Gasteiger partial charge in [0.25, 0.3) is 0 Å². The maximum atomic E-state index is 12.0. The fourth-order valence-electron chi connectivity index (χ4n) is 1.95. The number of amides is 1. The summed E-state index contributed by atoms with van der Waals surface area (Å²) in [5.74, 6) is -0.0446. The molecular formula is C16H19N3O. The number of nitrogens with zero attached hydrogens (tertiary/aromatic N) is 1. The van der Waals surface area contributed by atoms with Crippen LogP contribution in [0.5, 0.6) is 0 Å². The summed E-state index contributed by atoms with van der Waals surface area (Å²) >= 11 is 0. The molecule has 0 heterocycles. The van der Waals surface area contributed by atoms with Gasteiger partial charge in [0.2, 0.25) is 5.91 Å². The third kappa shape index (κ3) is 3.83. The Morgan fingerprint density at radius 3 is 2.60 bits per heavy atom. The maximum absolute atomic E-state index is 12.0. The first-order valence-electron chi connectivity index (χ1n) is 6.54. The van der Waals surface area contributed by atoms with Crippen LogP contribution in [0.2, 0.25) is 0 Å². The molecule has 104 valence electrons. The highest BCUT2D eigenvalue weighted by atomic mass is 16.2. The van der Waals surface area contributed by atoms with Gasteiger partial charge in [-0.15, -0.1) is 0 Å². The van der Waals surface area contributed by atoms with Crippen LogP contribution in [0.25, 0.3) is 0 Å². The lowest BCUT2D eigenvalue weighted by atomic mass is 10.2. The van der Waals surface area contributed by atoms with E-state index in [1.807, 2.05) is 66.5 Å². The van der Waals surface area contributed by atoms with Crippen molar-refractivity contribution in [2.75, 3.05) is 23.8 Å². The van der Waals surface area contributed by atoms with E-state index in [4.69, 9.17) is 5.73 Å². The van der Waals surface area contributed by atoms with Crippen molar-refractivity contribution >= 4 is 17.3 Å². The number of carbonyl (C=O) groups excluding carboxylic acids is 1. The van der Waals surface area contributed by atoms with Crippen LogP contribution in [0, 0.1) is 0 Å². The normalized spacial score (nSPS) is 10.1. The molecule has 0 aliphatic carbocycles. The summed E-state index contributed by atoms with van der Waals surface area (Å²) in [6, 6.07) is 17.3. The molecule has 0 fully saturated rings. The van der Waals surface area contributed by atoms with Gasteiger partial charge in [-0.25, -0.2) is 0 Å². The molecular weight excluding hydrogens is 250 g/mol. The molecule has 0 atom stereocenters. The van der Waals surface area contributed by atoms with Crippen LogP contribution in [-0.2, 0) is 11.3 Å². The SMILES string of the molecule is CN(CC(=O)Nc1ccccc1)c1cccc(CN)c1. The summed E-state index contributed by atoms with van der Waals surface area (Å²) in [4.78, 5) is 13.9. The smallest absolute Gasteiger partial charge is 0.243 e. The quantitative estimate of drug-likeness (QED) is 0.875. The van der Waals surface area contributed by atoms with Gasteiger partial charge in [0.1, 0.15) is 0 Å². The van der Waals surface area contributed by atoms with Crippen molar-refractivity contribution in [1.82, 2.24) is 0 Å². The van der Waals surface area contributed by atoms with Crippen LogP contribution in [0.1, 0.15) is 5.56 Å². The van der Waals surface area contributed by atoms with Crippen LogP contribution in [0.3, 0.4) is 0 Å². The summed E-state index contributed by atoms with van der Waals surface area (Å²) in [5.41, 5.74) is 8.47. The number of hydrogen-bond donors (Lipinski definition) is 2. The second-order valence-corrected chi connectivity index (χ2v) is 4.64. The summed E-state index contributed by atoms with van der Waals surface area (Å²) in [5, 5.41) is 2.87. The van der Waals surface area contributed by atoms with E-state index in [1.165, 1.54) is 0 Å². The van der Waals surface area contributed by atoms with Crippen LogP contribution >= 0.6 is 0 Å². The van der Waals surface area contributed by atoms with Crippen molar-refractivity contribution < 1.29 is 4.79 Å². The summed E-state index contributed by atoms with van der Waals surface area (Å²) in [6.07, 6.45) is 0. The maximum Gasteiger partial charge on any atom is 0.243 e. The van der Waals surface area contributed by atoms with E-state index in [1.54, 1.807) is 0 Å². The second-order valence-electron chi connectivity index (χ2n) is 4.64. The molecule has 0 aliphatic heterocycles. The van der Waals surface area contributed by atoms with Crippen molar-refractivity contribution in [3.05, 3.63) is 60.2 Å². The van der Waals surface area contributed by atoms with Crippen molar-refractivity contribution in [3.8, 4) is 0 Å². The lowest BCUT2D eigenvalue weighted by Crippen LogP contribution is -2.30. The number of hydrogen-bond acceptors (Lipinski definition) is 3. The van der Waals surface area contributed by atoms with E-state index in [-0.39, 0.29) is 5.91 Å². The Balaban J connectivity index is 1.96. The first kappa shape index (κ1) is 14.1. The zero-order valence-corrected chi connectivity index (χ0v) is 11.5. The number of nitrogens with two attached hydrogens (primary N) is 1. The lowest BCUT2D eigenvalue weighted by molar-refractivity contribution is -0.114. The van der Waals surface area contributed by atoms with E-state index in [2.05, 4.69) is 5.32 Å². The topological polar surface area (TPSA) is 58.4 Å². The number of carbonyl (C=O) groups is 1. The molecule has 20 heavy (non-hydrogen) atoms. The molecule has 3 N–H and O–H groups in total. The number of rotatable bonds is 5. The summed E-state index contributed by atoms with van der Waals surface area (Å²) in [6.45, 7) is 0.792. The predicted molar refractivity (Wildman–Crippen MR) is 82.7 cm³/mol. The molecule has 0 aliphatic rings. The third-order valence-electron chi connectivity index (χ3n) is 3.03. The van der Waals surface area contributed by atoms with E-state index < -0.39 is 0 Å². The molecule has 4 nitrogen and oxygen atoms in total. The minimum Gasteiger partial charge on any atom is -0.365 e. The molecule has 1 amide bonds. The van der Waals surface area contributed by atoms with Gasteiger partial charge in [-0.2, -0.15) is 0 Å². The summed E-state index contributed by atoms with van der Waals surface area (Å²) < 4.78 is 0. The highest BCUT2D eigenvalue weighted by molar-refractivity contribution is 5.93. The first-order valence-corrected chi connectivity index (χ1v) is 6.54. The Labute approximate surface area is 119 Å². The molecule has 0 spiro atoms. The van der Waals surface area contributed by atoms with E-state index in [0.29, 0.717) is 13.1 Å². The molecule has 0 bridgehead atoms. The highest BCUT2D eigenvalue weighted by Crippen LogP contribution is 2.14. The number of likely N-dealkylation sites (N-methyl/N-ethyl adjacent to an activating group) is 1. The van der Waals surface area contributed by atoms with E-state index in [0.717, 1.165) is 16.9 Å². The standard InChI is InChI=1S/C16H19N3O/c1-19(15-9-5-6-13(10-15)11-17)12-16(20)18-14-7-3-2-4-8-14/h2-10H,11-12,17H2,1H3,(H,18,20). The average Bonchev–Trinajstić information content (AvgIpc) is 2.48. The third-order valence-corrected chi connectivity index (χ3v) is 3.03. The van der Waals surface area contributed by atoms with Gasteiger partial charge in [-0.05, 0) is 29.8 Å². The Morgan fingerprint density at radius 1 is 1.15 bits per heavy atom. The predicted octanol–water partition coefficient (Wildman–Crippen LogP) is 2.22. The molecule has 2 aromatic rings. The molecule has 0 saturated carbocycles. The fourth-order valence-corrected chi connectivity index (χ4v) is 1.95. The zero-order chi connectivity index (χ0) is 14.4. The van der Waals surface area contributed by atoms with E-state index >= 15 is 0 Å². The van der Waals surface area contributed by atoms with Gasteiger partial charge in [-0.1, -0.05) is 30.3 Å². The van der Waals surface area contributed by atoms with Crippen LogP contribution in [0.15, 0.2) is 54.6 Å². The number of benzene rings is 2. The van der Waals surface area contributed by atoms with Gasteiger partial charge >= 0.3 is 0 Å². The van der Waals surface area contributed by atoms with Crippen molar-refractivity contribution in [2.24, 2.45) is 5.73 Å². The van der Waals surface area contributed by atoms with Crippen LogP contribution in [0.4, 0.5) is 11.4 Å². The van der Waals surface area contributed by atoms with Gasteiger partial charge in [0, 0.05) is 25.0 Å². The number of nitrogens with one attached hydrogen (secondary N) is 1. The van der Waals surface area contributed by atoms with Crippen molar-refractivity contribution in [3.63, 3.8) is 0 Å². The molecule has 4 heteroatoms. The minimum absolute atomic E-state index is 0.0446. The highest BCUT2D eigenvalue weighted by Gasteiger charge is 2.08. The van der Waals surface area contributed by atoms with Crippen LogP contribution < -0.4 is 16.0 Å². The average molecular weight is 269 g/mol. The van der Waals surface area contributed by atoms with Gasteiger partial charge in [0.15, 0.2) is 0 Å². The lowest BCUT2D eigenvalue weighted by Gasteiger charge is -2.19. The second kappa shape index (κ2) is 6.73. The van der Waals surface area contributed by atoms with Crippen molar-refractivity contribution in [2.45, 2.75) is 6.54 Å².